The molecule has 0 radical (unpaired) electrons. The van der Waals surface area contributed by atoms with Crippen LogP contribution in [0.4, 0.5) is 11.8 Å². The molecule has 0 spiro atoms. The van der Waals surface area contributed by atoms with Crippen molar-refractivity contribution in [3.05, 3.63) is 11.8 Å². The van der Waals surface area contributed by atoms with E-state index in [1.807, 2.05) is 6.92 Å². The minimum absolute atomic E-state index is 0.0306. The molecular formula is C9H16N4O2. The van der Waals surface area contributed by atoms with Crippen molar-refractivity contribution in [2.75, 3.05) is 31.4 Å². The van der Waals surface area contributed by atoms with Crippen molar-refractivity contribution in [3.63, 3.8) is 0 Å². The highest BCUT2D eigenvalue weighted by molar-refractivity contribution is 5.45. The van der Waals surface area contributed by atoms with Crippen molar-refractivity contribution >= 4 is 11.8 Å². The summed E-state index contributed by atoms with van der Waals surface area (Å²) in [5.41, 5.74) is 6.34. The summed E-state index contributed by atoms with van der Waals surface area (Å²) in [5, 5.41) is 12.1. The van der Waals surface area contributed by atoms with E-state index < -0.39 is 0 Å². The van der Waals surface area contributed by atoms with Crippen LogP contribution in [0.3, 0.4) is 0 Å². The summed E-state index contributed by atoms with van der Waals surface area (Å²) in [4.78, 5) is 7.88. The molecule has 0 aliphatic carbocycles. The molecule has 84 valence electrons. The number of rotatable bonds is 5. The molecule has 0 aliphatic rings. The van der Waals surface area contributed by atoms with E-state index in [1.54, 1.807) is 13.3 Å². The molecule has 6 nitrogen and oxygen atoms in total. The molecule has 0 bridgehead atoms. The number of nitrogens with two attached hydrogens (primary N) is 1. The van der Waals surface area contributed by atoms with Crippen LogP contribution in [0, 0.1) is 6.92 Å². The Morgan fingerprint density at radius 2 is 2.40 bits per heavy atom. The number of aromatic nitrogens is 2. The van der Waals surface area contributed by atoms with E-state index in [-0.39, 0.29) is 18.6 Å². The lowest BCUT2D eigenvalue weighted by atomic mass is 10.3. The van der Waals surface area contributed by atoms with E-state index in [0.29, 0.717) is 12.4 Å². The van der Waals surface area contributed by atoms with Gasteiger partial charge in [0.1, 0.15) is 5.82 Å². The van der Waals surface area contributed by atoms with Crippen molar-refractivity contribution in [1.82, 2.24) is 9.97 Å². The van der Waals surface area contributed by atoms with Gasteiger partial charge in [0.2, 0.25) is 5.95 Å². The predicted molar refractivity (Wildman–Crippen MR) is 57.6 cm³/mol. The second kappa shape index (κ2) is 5.47. The van der Waals surface area contributed by atoms with E-state index in [4.69, 9.17) is 15.6 Å². The molecule has 1 rings (SSSR count). The Bertz CT molecular complexity index is 319. The fourth-order valence-corrected chi connectivity index (χ4v) is 1.14. The fraction of sp³-hybridized carbons (Fsp3) is 0.556. The summed E-state index contributed by atoms with van der Waals surface area (Å²) >= 11 is 0. The molecule has 1 heterocycles. The van der Waals surface area contributed by atoms with Gasteiger partial charge in [0.25, 0.3) is 0 Å². The summed E-state index contributed by atoms with van der Waals surface area (Å²) in [6.07, 6.45) is 1.63. The monoisotopic (exact) mass is 212 g/mol. The lowest BCUT2D eigenvalue weighted by Crippen LogP contribution is -2.29. The summed E-state index contributed by atoms with van der Waals surface area (Å²) in [7, 11) is 1.57. The Morgan fingerprint density at radius 3 is 3.00 bits per heavy atom. The number of hydrogen-bond acceptors (Lipinski definition) is 6. The Morgan fingerprint density at radius 1 is 1.67 bits per heavy atom. The van der Waals surface area contributed by atoms with Gasteiger partial charge in [0, 0.05) is 18.9 Å². The first-order valence-corrected chi connectivity index (χ1v) is 4.62. The topological polar surface area (TPSA) is 93.3 Å². The third-order valence-corrected chi connectivity index (χ3v) is 1.92. The van der Waals surface area contributed by atoms with Crippen LogP contribution in [-0.2, 0) is 4.74 Å². The highest BCUT2D eigenvalue weighted by atomic mass is 16.5. The quantitative estimate of drug-likeness (QED) is 0.625. The van der Waals surface area contributed by atoms with Gasteiger partial charge in [0.05, 0.1) is 19.3 Å². The smallest absolute Gasteiger partial charge is 0.221 e. The largest absolute Gasteiger partial charge is 0.394 e. The zero-order chi connectivity index (χ0) is 11.3. The maximum Gasteiger partial charge on any atom is 0.221 e. The van der Waals surface area contributed by atoms with Crippen molar-refractivity contribution in [1.29, 1.82) is 0 Å². The Labute approximate surface area is 88.5 Å². The number of nitrogen functional groups attached to an aromatic ring is 1. The number of ether oxygens (including phenoxy) is 1. The summed E-state index contributed by atoms with van der Waals surface area (Å²) in [6, 6.07) is -0.192. The third-order valence-electron chi connectivity index (χ3n) is 1.92. The Hall–Kier alpha value is -1.40. The van der Waals surface area contributed by atoms with Crippen LogP contribution in [0.1, 0.15) is 5.56 Å². The number of aliphatic hydroxyl groups is 1. The maximum absolute atomic E-state index is 9.06. The second-order valence-corrected chi connectivity index (χ2v) is 3.24. The minimum atomic E-state index is -0.192. The van der Waals surface area contributed by atoms with E-state index in [0.717, 1.165) is 5.56 Å². The first-order chi connectivity index (χ1) is 7.17. The first kappa shape index (κ1) is 11.7. The number of aryl methyl sites for hydroxylation is 1. The molecule has 0 aliphatic heterocycles. The van der Waals surface area contributed by atoms with Crippen LogP contribution < -0.4 is 11.1 Å². The molecule has 1 unspecified atom stereocenters. The molecule has 1 aromatic rings. The molecular weight excluding hydrogens is 196 g/mol. The van der Waals surface area contributed by atoms with Gasteiger partial charge in [0.15, 0.2) is 0 Å². The fourth-order valence-electron chi connectivity index (χ4n) is 1.14. The summed E-state index contributed by atoms with van der Waals surface area (Å²) in [6.45, 7) is 2.24. The van der Waals surface area contributed by atoms with Crippen LogP contribution in [0.2, 0.25) is 0 Å². The normalized spacial score (nSPS) is 12.5. The maximum atomic E-state index is 9.06. The zero-order valence-corrected chi connectivity index (χ0v) is 8.90. The number of anilines is 2. The first-order valence-electron chi connectivity index (χ1n) is 4.62. The van der Waals surface area contributed by atoms with Crippen LogP contribution >= 0.6 is 0 Å². The van der Waals surface area contributed by atoms with Gasteiger partial charge in [-0.1, -0.05) is 0 Å². The van der Waals surface area contributed by atoms with Gasteiger partial charge in [-0.25, -0.2) is 4.98 Å². The summed E-state index contributed by atoms with van der Waals surface area (Å²) in [5.74, 6) is 0.829. The minimum Gasteiger partial charge on any atom is -0.394 e. The molecule has 0 saturated heterocycles. The van der Waals surface area contributed by atoms with Gasteiger partial charge >= 0.3 is 0 Å². The molecule has 0 saturated carbocycles. The molecule has 0 fully saturated rings. The molecule has 6 heteroatoms. The molecule has 0 amide bonds. The standard InChI is InChI=1S/C9H16N4O2/c1-6-3-11-9(10)13-8(6)12-7(4-14)5-15-2/h3,7,14H,4-5H2,1-2H3,(H3,10,11,12,13). The third kappa shape index (κ3) is 3.34. The molecule has 1 atom stereocenters. The second-order valence-electron chi connectivity index (χ2n) is 3.24. The Balaban J connectivity index is 2.73. The number of methoxy groups -OCH3 is 1. The van der Waals surface area contributed by atoms with Crippen molar-refractivity contribution in [3.8, 4) is 0 Å². The Kier molecular flexibility index (Phi) is 4.26. The molecule has 1 aromatic heterocycles. The van der Waals surface area contributed by atoms with E-state index in [1.165, 1.54) is 0 Å². The summed E-state index contributed by atoms with van der Waals surface area (Å²) < 4.78 is 4.94. The number of nitrogens with one attached hydrogen (secondary N) is 1. The average molecular weight is 212 g/mol. The van der Waals surface area contributed by atoms with Gasteiger partial charge in [-0.05, 0) is 6.92 Å². The highest BCUT2D eigenvalue weighted by Crippen LogP contribution is 2.11. The number of nitrogens with zero attached hydrogens (tertiary/aromatic N) is 2. The van der Waals surface area contributed by atoms with E-state index in [2.05, 4.69) is 15.3 Å². The number of hydrogen-bond donors (Lipinski definition) is 3. The molecule has 0 aromatic carbocycles. The van der Waals surface area contributed by atoms with E-state index >= 15 is 0 Å². The zero-order valence-electron chi connectivity index (χ0n) is 8.90. The van der Waals surface area contributed by atoms with Gasteiger partial charge in [-0.3, -0.25) is 0 Å². The van der Waals surface area contributed by atoms with Gasteiger partial charge in [-0.2, -0.15) is 4.98 Å². The van der Waals surface area contributed by atoms with Crippen LogP contribution in [-0.4, -0.2) is 41.4 Å². The SMILES string of the molecule is COCC(CO)Nc1nc(N)ncc1C. The van der Waals surface area contributed by atoms with Crippen LogP contribution in [0.25, 0.3) is 0 Å². The number of aliphatic hydroxyl groups excluding tert-OH is 1. The van der Waals surface area contributed by atoms with Crippen molar-refractivity contribution in [2.24, 2.45) is 0 Å². The van der Waals surface area contributed by atoms with Gasteiger partial charge < -0.3 is 20.9 Å². The highest BCUT2D eigenvalue weighted by Gasteiger charge is 2.09. The molecule has 4 N–H and O–H groups in total. The average Bonchev–Trinajstić information content (AvgIpc) is 2.22. The van der Waals surface area contributed by atoms with Crippen LogP contribution in [0.5, 0.6) is 0 Å². The van der Waals surface area contributed by atoms with Crippen LogP contribution in [0.15, 0.2) is 6.20 Å². The lowest BCUT2D eigenvalue weighted by Gasteiger charge is -2.17. The van der Waals surface area contributed by atoms with E-state index in [9.17, 15) is 0 Å². The van der Waals surface area contributed by atoms with Crippen molar-refractivity contribution in [2.45, 2.75) is 13.0 Å². The molecule has 15 heavy (non-hydrogen) atoms. The lowest BCUT2D eigenvalue weighted by molar-refractivity contribution is 0.153. The van der Waals surface area contributed by atoms with Crippen molar-refractivity contribution < 1.29 is 9.84 Å². The van der Waals surface area contributed by atoms with Gasteiger partial charge in [-0.15, -0.1) is 0 Å². The predicted octanol–water partition coefficient (Wildman–Crippen LogP) is -0.214.